The minimum absolute atomic E-state index is 0.119. The summed E-state index contributed by atoms with van der Waals surface area (Å²) in [5.74, 6) is -0.999. The van der Waals surface area contributed by atoms with Crippen LogP contribution in [-0.4, -0.2) is 50.0 Å². The van der Waals surface area contributed by atoms with E-state index in [0.717, 1.165) is 16.1 Å². The smallest absolute Gasteiger partial charge is 0.244 e. The van der Waals surface area contributed by atoms with E-state index in [1.54, 1.807) is 43.3 Å². The van der Waals surface area contributed by atoms with Gasteiger partial charge >= 0.3 is 0 Å². The quantitative estimate of drug-likeness (QED) is 0.289. The van der Waals surface area contributed by atoms with Gasteiger partial charge in [0.25, 0.3) is 0 Å². The molecule has 0 aliphatic heterocycles. The summed E-state index contributed by atoms with van der Waals surface area (Å²) in [7, 11) is -3.92. The number of hydrogen-bond acceptors (Lipinski definition) is 4. The van der Waals surface area contributed by atoms with E-state index in [-0.39, 0.29) is 30.6 Å². The predicted octanol–water partition coefficient (Wildman–Crippen LogP) is 5.89. The Kier molecular flexibility index (Phi) is 10.9. The summed E-state index contributed by atoms with van der Waals surface area (Å²) in [4.78, 5) is 29.1. The molecule has 7 nitrogen and oxygen atoms in total. The molecular weight excluding hydrogens is 593 g/mol. The second kappa shape index (κ2) is 13.7. The monoisotopic (exact) mass is 623 g/mol. The Bertz CT molecular complexity index is 1450. The molecule has 0 radical (unpaired) electrons. The molecule has 214 valence electrons. The van der Waals surface area contributed by atoms with Gasteiger partial charge in [0.05, 0.1) is 11.9 Å². The van der Waals surface area contributed by atoms with Crippen molar-refractivity contribution in [1.29, 1.82) is 0 Å². The summed E-state index contributed by atoms with van der Waals surface area (Å²) in [5, 5.41) is 3.89. The van der Waals surface area contributed by atoms with Crippen molar-refractivity contribution in [1.82, 2.24) is 10.2 Å². The Morgan fingerprint density at radius 2 is 1.45 bits per heavy atom. The van der Waals surface area contributed by atoms with Gasteiger partial charge in [-0.1, -0.05) is 77.3 Å². The highest BCUT2D eigenvalue weighted by molar-refractivity contribution is 7.92. The third-order valence-electron chi connectivity index (χ3n) is 6.28. The van der Waals surface area contributed by atoms with Crippen molar-refractivity contribution in [3.05, 3.63) is 98.5 Å². The van der Waals surface area contributed by atoms with Crippen LogP contribution in [0.15, 0.2) is 66.7 Å². The number of hydrogen-bond donors (Lipinski definition) is 1. The van der Waals surface area contributed by atoms with E-state index in [9.17, 15) is 18.0 Å². The third-order valence-corrected chi connectivity index (χ3v) is 8.52. The molecule has 0 fully saturated rings. The van der Waals surface area contributed by atoms with Gasteiger partial charge in [-0.05, 0) is 56.2 Å². The van der Waals surface area contributed by atoms with E-state index in [0.29, 0.717) is 26.2 Å². The van der Waals surface area contributed by atoms with E-state index in [1.807, 2.05) is 44.2 Å². The predicted molar refractivity (Wildman–Crippen MR) is 163 cm³/mol. The van der Waals surface area contributed by atoms with E-state index < -0.39 is 28.5 Å². The molecule has 3 aromatic carbocycles. The summed E-state index contributed by atoms with van der Waals surface area (Å²) >= 11 is 19.2. The lowest BCUT2D eigenvalue weighted by Gasteiger charge is -2.34. The fourth-order valence-electron chi connectivity index (χ4n) is 4.25. The summed E-state index contributed by atoms with van der Waals surface area (Å²) < 4.78 is 26.9. The average Bonchev–Trinajstić information content (AvgIpc) is 2.87. The van der Waals surface area contributed by atoms with Crippen LogP contribution in [0.25, 0.3) is 0 Å². The Labute approximate surface area is 251 Å². The van der Waals surface area contributed by atoms with Gasteiger partial charge in [-0.3, -0.25) is 13.9 Å². The van der Waals surface area contributed by atoms with Crippen LogP contribution in [-0.2, 0) is 32.6 Å². The van der Waals surface area contributed by atoms with Crippen molar-refractivity contribution in [2.24, 2.45) is 0 Å². The summed E-state index contributed by atoms with van der Waals surface area (Å²) in [6.45, 7) is 4.63. The lowest BCUT2D eigenvalue weighted by molar-refractivity contribution is -0.140. The van der Waals surface area contributed by atoms with Gasteiger partial charge < -0.3 is 10.2 Å². The Hall–Kier alpha value is -2.78. The first-order valence-electron chi connectivity index (χ1n) is 12.6. The van der Waals surface area contributed by atoms with E-state index in [1.165, 1.54) is 4.90 Å². The second-order valence-electron chi connectivity index (χ2n) is 9.74. The molecule has 3 rings (SSSR count). The third kappa shape index (κ3) is 8.13. The second-order valence-corrected chi connectivity index (χ2v) is 12.9. The molecule has 0 saturated carbocycles. The molecule has 0 saturated heterocycles. The van der Waals surface area contributed by atoms with Crippen molar-refractivity contribution in [2.45, 2.75) is 45.8 Å². The molecule has 40 heavy (non-hydrogen) atoms. The minimum atomic E-state index is -3.92. The summed E-state index contributed by atoms with van der Waals surface area (Å²) in [5.41, 5.74) is 2.03. The first-order valence-corrected chi connectivity index (χ1v) is 15.6. The molecule has 11 heteroatoms. The van der Waals surface area contributed by atoms with E-state index in [4.69, 9.17) is 34.8 Å². The summed E-state index contributed by atoms with van der Waals surface area (Å²) in [6, 6.07) is 17.9. The van der Waals surface area contributed by atoms with E-state index in [2.05, 4.69) is 5.32 Å². The largest absolute Gasteiger partial charge is 0.352 e. The number of anilines is 1. The SMILES string of the molecule is Cc1c(Cl)cccc1N(CC(=O)N(Cc1c(Cl)cccc1Cl)[C@@H](Cc1ccccc1)C(=O)NC(C)C)S(C)(=O)=O. The summed E-state index contributed by atoms with van der Waals surface area (Å²) in [6.07, 6.45) is 1.20. The maximum atomic E-state index is 14.1. The molecule has 0 heterocycles. The zero-order valence-corrected chi connectivity index (χ0v) is 25.8. The molecular formula is C29H32Cl3N3O4S. The molecule has 0 bridgehead atoms. The van der Waals surface area contributed by atoms with Crippen LogP contribution >= 0.6 is 34.8 Å². The van der Waals surface area contributed by atoms with Gasteiger partial charge in [0.1, 0.15) is 12.6 Å². The maximum Gasteiger partial charge on any atom is 0.244 e. The number of carbonyl (C=O) groups is 2. The van der Waals surface area contributed by atoms with Crippen LogP contribution < -0.4 is 9.62 Å². The number of sulfonamides is 1. The van der Waals surface area contributed by atoms with Crippen molar-refractivity contribution < 1.29 is 18.0 Å². The first kappa shape index (κ1) is 31.7. The number of halogens is 3. The number of nitrogens with zero attached hydrogens (tertiary/aromatic N) is 2. The molecule has 0 aromatic heterocycles. The number of rotatable bonds is 11. The van der Waals surface area contributed by atoms with Gasteiger partial charge in [0, 0.05) is 39.6 Å². The molecule has 1 N–H and O–H groups in total. The number of benzene rings is 3. The maximum absolute atomic E-state index is 14.1. The highest BCUT2D eigenvalue weighted by Gasteiger charge is 2.34. The van der Waals surface area contributed by atoms with Gasteiger partial charge in [0.2, 0.25) is 21.8 Å². The van der Waals surface area contributed by atoms with Crippen LogP contribution in [0.4, 0.5) is 5.69 Å². The fourth-order valence-corrected chi connectivity index (χ4v) is 5.84. The Morgan fingerprint density at radius 1 is 0.875 bits per heavy atom. The van der Waals surface area contributed by atoms with Crippen LogP contribution in [0.1, 0.15) is 30.5 Å². The van der Waals surface area contributed by atoms with Crippen molar-refractivity contribution >= 4 is 62.3 Å². The highest BCUT2D eigenvalue weighted by Crippen LogP contribution is 2.30. The lowest BCUT2D eigenvalue weighted by atomic mass is 10.0. The van der Waals surface area contributed by atoms with Crippen LogP contribution in [0.5, 0.6) is 0 Å². The molecule has 1 atom stereocenters. The molecule has 0 spiro atoms. The molecule has 2 amide bonds. The standard InChI is InChI=1S/C29H32Cl3N3O4S/c1-19(2)33-29(37)27(16-21-10-6-5-7-11-21)34(17-22-24(31)13-8-14-25(22)32)28(36)18-35(40(4,38)39)26-15-9-12-23(30)20(26)3/h5-15,19,27H,16-18H2,1-4H3,(H,33,37)/t27-/m0/s1. The van der Waals surface area contributed by atoms with Crippen molar-refractivity contribution in [2.75, 3.05) is 17.1 Å². The Morgan fingerprint density at radius 3 is 2.02 bits per heavy atom. The van der Waals surface area contributed by atoms with Gasteiger partial charge in [0.15, 0.2) is 0 Å². The number of carbonyl (C=O) groups excluding carboxylic acids is 2. The van der Waals surface area contributed by atoms with Crippen LogP contribution in [0.2, 0.25) is 15.1 Å². The van der Waals surface area contributed by atoms with Gasteiger partial charge in [-0.15, -0.1) is 0 Å². The normalized spacial score (nSPS) is 12.2. The first-order chi connectivity index (χ1) is 18.8. The average molecular weight is 625 g/mol. The lowest BCUT2D eigenvalue weighted by Crippen LogP contribution is -2.54. The number of nitrogens with one attached hydrogen (secondary N) is 1. The fraction of sp³-hybridized carbons (Fsp3) is 0.310. The Balaban J connectivity index is 2.13. The van der Waals surface area contributed by atoms with Gasteiger partial charge in [-0.25, -0.2) is 8.42 Å². The minimum Gasteiger partial charge on any atom is -0.352 e. The zero-order valence-electron chi connectivity index (χ0n) is 22.7. The van der Waals surface area contributed by atoms with Crippen LogP contribution in [0.3, 0.4) is 0 Å². The topological polar surface area (TPSA) is 86.8 Å². The number of amides is 2. The highest BCUT2D eigenvalue weighted by atomic mass is 35.5. The van der Waals surface area contributed by atoms with Crippen molar-refractivity contribution in [3.8, 4) is 0 Å². The molecule has 0 unspecified atom stereocenters. The molecule has 3 aromatic rings. The van der Waals surface area contributed by atoms with Gasteiger partial charge in [-0.2, -0.15) is 0 Å². The van der Waals surface area contributed by atoms with Crippen LogP contribution in [0, 0.1) is 6.92 Å². The molecule has 0 aliphatic carbocycles. The molecule has 0 aliphatic rings. The van der Waals surface area contributed by atoms with E-state index >= 15 is 0 Å². The van der Waals surface area contributed by atoms with Crippen molar-refractivity contribution in [3.63, 3.8) is 0 Å². The zero-order chi connectivity index (χ0) is 29.6.